The molecular formula is C12H22N2O3. The summed E-state index contributed by atoms with van der Waals surface area (Å²) in [4.78, 5) is 24.2. The van der Waals surface area contributed by atoms with Gasteiger partial charge in [0.25, 0.3) is 0 Å². The van der Waals surface area contributed by atoms with Crippen LogP contribution in [0.15, 0.2) is 0 Å². The zero-order valence-electron chi connectivity index (χ0n) is 10.7. The highest BCUT2D eigenvalue weighted by Gasteiger charge is 2.33. The van der Waals surface area contributed by atoms with E-state index in [0.29, 0.717) is 32.5 Å². The van der Waals surface area contributed by atoms with Crippen LogP contribution < -0.4 is 5.32 Å². The summed E-state index contributed by atoms with van der Waals surface area (Å²) in [5.41, 5.74) is -0.720. The van der Waals surface area contributed by atoms with Gasteiger partial charge >= 0.3 is 0 Å². The zero-order chi connectivity index (χ0) is 12.9. The van der Waals surface area contributed by atoms with Gasteiger partial charge in [-0.05, 0) is 19.3 Å². The van der Waals surface area contributed by atoms with Gasteiger partial charge in [-0.3, -0.25) is 9.59 Å². The van der Waals surface area contributed by atoms with Gasteiger partial charge in [-0.15, -0.1) is 0 Å². The van der Waals surface area contributed by atoms with Crippen molar-refractivity contribution in [3.63, 3.8) is 0 Å². The summed E-state index contributed by atoms with van der Waals surface area (Å²) in [5, 5.41) is 12.8. The molecule has 1 aliphatic heterocycles. The number of β-amino-alcohol motifs (C(OH)–C–C–N with tert-alkyl or cyclic N) is 1. The molecule has 2 N–H and O–H groups in total. The number of amides is 2. The molecule has 98 valence electrons. The van der Waals surface area contributed by atoms with Crippen LogP contribution in [0.1, 0.15) is 39.5 Å². The first kappa shape index (κ1) is 14.0. The van der Waals surface area contributed by atoms with Crippen LogP contribution in [-0.4, -0.2) is 47.1 Å². The van der Waals surface area contributed by atoms with E-state index in [-0.39, 0.29) is 11.8 Å². The predicted molar refractivity (Wildman–Crippen MR) is 64.4 cm³/mol. The monoisotopic (exact) mass is 242 g/mol. The van der Waals surface area contributed by atoms with Gasteiger partial charge in [0, 0.05) is 33.0 Å². The van der Waals surface area contributed by atoms with E-state index >= 15 is 0 Å². The summed E-state index contributed by atoms with van der Waals surface area (Å²) < 4.78 is 0. The quantitative estimate of drug-likeness (QED) is 0.743. The van der Waals surface area contributed by atoms with Crippen LogP contribution in [0.4, 0.5) is 0 Å². The minimum absolute atomic E-state index is 0.00493. The highest BCUT2D eigenvalue weighted by atomic mass is 16.3. The molecule has 1 atom stereocenters. The van der Waals surface area contributed by atoms with Gasteiger partial charge in [-0.25, -0.2) is 0 Å². The third-order valence-electron chi connectivity index (χ3n) is 3.28. The number of carbonyl (C=O) groups excluding carboxylic acids is 2. The van der Waals surface area contributed by atoms with Crippen LogP contribution in [-0.2, 0) is 9.59 Å². The molecule has 1 rings (SSSR count). The molecule has 1 aliphatic rings. The van der Waals surface area contributed by atoms with Crippen molar-refractivity contribution < 1.29 is 14.7 Å². The lowest BCUT2D eigenvalue weighted by Crippen LogP contribution is -2.50. The van der Waals surface area contributed by atoms with Gasteiger partial charge in [0.05, 0.1) is 5.60 Å². The van der Waals surface area contributed by atoms with Gasteiger partial charge in [0.2, 0.25) is 11.8 Å². The Balaban J connectivity index is 2.38. The number of rotatable bonds is 4. The van der Waals surface area contributed by atoms with Gasteiger partial charge in [-0.1, -0.05) is 6.92 Å². The Morgan fingerprint density at radius 2 is 2.18 bits per heavy atom. The van der Waals surface area contributed by atoms with Crippen LogP contribution in [0.5, 0.6) is 0 Å². The highest BCUT2D eigenvalue weighted by molar-refractivity contribution is 5.78. The molecule has 0 bridgehead atoms. The third kappa shape index (κ3) is 4.34. The predicted octanol–water partition coefficient (Wildman–Crippen LogP) is 0.276. The molecule has 17 heavy (non-hydrogen) atoms. The second-order valence-corrected chi connectivity index (χ2v) is 4.73. The molecule has 0 aromatic rings. The third-order valence-corrected chi connectivity index (χ3v) is 3.28. The molecule has 0 saturated carbocycles. The zero-order valence-corrected chi connectivity index (χ0v) is 10.7. The summed E-state index contributed by atoms with van der Waals surface area (Å²) in [6.45, 7) is 4.87. The Hall–Kier alpha value is -1.10. The second kappa shape index (κ2) is 6.00. The van der Waals surface area contributed by atoms with E-state index in [1.54, 1.807) is 4.90 Å². The molecule has 1 saturated heterocycles. The average Bonchev–Trinajstić information content (AvgIpc) is 2.28. The van der Waals surface area contributed by atoms with E-state index in [0.717, 1.165) is 12.8 Å². The fourth-order valence-electron chi connectivity index (χ4n) is 2.12. The summed E-state index contributed by atoms with van der Waals surface area (Å²) >= 11 is 0. The van der Waals surface area contributed by atoms with Crippen molar-refractivity contribution in [1.82, 2.24) is 10.2 Å². The fraction of sp³-hybridized carbons (Fsp3) is 0.833. The standard InChI is InChI=1S/C12H22N2O3/c1-3-12(17)6-4-8-14(9-12)11(16)5-7-13-10(2)15/h17H,3-9H2,1-2H3,(H,13,15)/t12-/m0/s1. The number of nitrogens with one attached hydrogen (secondary N) is 1. The van der Waals surface area contributed by atoms with E-state index in [1.807, 2.05) is 6.92 Å². The summed E-state index contributed by atoms with van der Waals surface area (Å²) in [6, 6.07) is 0. The van der Waals surface area contributed by atoms with E-state index in [2.05, 4.69) is 5.32 Å². The maximum absolute atomic E-state index is 11.8. The van der Waals surface area contributed by atoms with Crippen LogP contribution in [0.3, 0.4) is 0 Å². The summed E-state index contributed by atoms with van der Waals surface area (Å²) in [5.74, 6) is -0.119. The van der Waals surface area contributed by atoms with E-state index in [1.165, 1.54) is 6.92 Å². The van der Waals surface area contributed by atoms with Crippen molar-refractivity contribution in [2.24, 2.45) is 0 Å². The molecule has 0 aromatic carbocycles. The van der Waals surface area contributed by atoms with E-state index in [9.17, 15) is 14.7 Å². The van der Waals surface area contributed by atoms with Crippen molar-refractivity contribution in [2.45, 2.75) is 45.1 Å². The van der Waals surface area contributed by atoms with Crippen molar-refractivity contribution in [3.05, 3.63) is 0 Å². The molecule has 0 spiro atoms. The molecule has 1 heterocycles. The SMILES string of the molecule is CC[C@]1(O)CCCN(C(=O)CCNC(C)=O)C1. The van der Waals surface area contributed by atoms with Gasteiger partial charge in [0.15, 0.2) is 0 Å². The Kier molecular flexibility index (Phi) is 4.93. The summed E-state index contributed by atoms with van der Waals surface area (Å²) in [6.07, 6.45) is 2.58. The van der Waals surface area contributed by atoms with Gasteiger partial charge < -0.3 is 15.3 Å². The Morgan fingerprint density at radius 3 is 2.76 bits per heavy atom. The van der Waals surface area contributed by atoms with E-state index in [4.69, 9.17) is 0 Å². The lowest BCUT2D eigenvalue weighted by atomic mass is 9.90. The largest absolute Gasteiger partial charge is 0.388 e. The molecule has 1 fully saturated rings. The molecular weight excluding hydrogens is 220 g/mol. The lowest BCUT2D eigenvalue weighted by Gasteiger charge is -2.38. The highest BCUT2D eigenvalue weighted by Crippen LogP contribution is 2.24. The number of nitrogens with zero attached hydrogens (tertiary/aromatic N) is 1. The molecule has 0 aromatic heterocycles. The fourth-order valence-corrected chi connectivity index (χ4v) is 2.12. The number of hydrogen-bond donors (Lipinski definition) is 2. The molecule has 0 unspecified atom stereocenters. The number of hydrogen-bond acceptors (Lipinski definition) is 3. The molecule has 0 radical (unpaired) electrons. The number of piperidine rings is 1. The minimum atomic E-state index is -0.720. The van der Waals surface area contributed by atoms with Crippen molar-refractivity contribution in [1.29, 1.82) is 0 Å². The van der Waals surface area contributed by atoms with Gasteiger partial charge in [-0.2, -0.15) is 0 Å². The Bertz CT molecular complexity index is 293. The first-order valence-corrected chi connectivity index (χ1v) is 6.21. The minimum Gasteiger partial charge on any atom is -0.388 e. The number of likely N-dealkylation sites (tertiary alicyclic amines) is 1. The second-order valence-electron chi connectivity index (χ2n) is 4.73. The van der Waals surface area contributed by atoms with Crippen molar-refractivity contribution in [2.75, 3.05) is 19.6 Å². The molecule has 0 aliphatic carbocycles. The van der Waals surface area contributed by atoms with Crippen molar-refractivity contribution >= 4 is 11.8 Å². The Morgan fingerprint density at radius 1 is 1.47 bits per heavy atom. The number of aliphatic hydroxyl groups is 1. The smallest absolute Gasteiger partial charge is 0.224 e. The van der Waals surface area contributed by atoms with Gasteiger partial charge in [0.1, 0.15) is 0 Å². The topological polar surface area (TPSA) is 69.6 Å². The summed E-state index contributed by atoms with van der Waals surface area (Å²) in [7, 11) is 0. The van der Waals surface area contributed by atoms with Crippen LogP contribution in [0.2, 0.25) is 0 Å². The first-order chi connectivity index (χ1) is 7.97. The number of carbonyl (C=O) groups is 2. The van der Waals surface area contributed by atoms with Crippen LogP contribution >= 0.6 is 0 Å². The maximum atomic E-state index is 11.8. The first-order valence-electron chi connectivity index (χ1n) is 6.21. The van der Waals surface area contributed by atoms with Crippen LogP contribution in [0, 0.1) is 0 Å². The average molecular weight is 242 g/mol. The molecule has 5 heteroatoms. The molecule has 5 nitrogen and oxygen atoms in total. The van der Waals surface area contributed by atoms with E-state index < -0.39 is 5.60 Å². The Labute approximate surface area is 102 Å². The van der Waals surface area contributed by atoms with Crippen LogP contribution in [0.25, 0.3) is 0 Å². The lowest BCUT2D eigenvalue weighted by molar-refractivity contribution is -0.138. The maximum Gasteiger partial charge on any atom is 0.224 e. The van der Waals surface area contributed by atoms with Crippen molar-refractivity contribution in [3.8, 4) is 0 Å². The molecule has 2 amide bonds. The normalized spacial score (nSPS) is 24.5.